The molecule has 1 aromatic heterocycles. The van der Waals surface area contributed by atoms with Gasteiger partial charge in [0.1, 0.15) is 5.60 Å². The maximum Gasteiger partial charge on any atom is 0.410 e. The van der Waals surface area contributed by atoms with E-state index in [1.165, 1.54) is 5.57 Å². The van der Waals surface area contributed by atoms with Gasteiger partial charge in [-0.3, -0.25) is 4.68 Å². The van der Waals surface area contributed by atoms with E-state index in [9.17, 15) is 4.79 Å². The minimum atomic E-state index is -0.433. The smallest absolute Gasteiger partial charge is 0.410 e. The number of rotatable bonds is 1. The maximum atomic E-state index is 11.9. The summed E-state index contributed by atoms with van der Waals surface area (Å²) in [5.41, 5.74) is 1.88. The number of likely N-dealkylation sites (tertiary alicyclic amines) is 1. The minimum Gasteiger partial charge on any atom is -0.444 e. The van der Waals surface area contributed by atoms with E-state index in [0.29, 0.717) is 6.54 Å². The van der Waals surface area contributed by atoms with Crippen molar-refractivity contribution in [1.82, 2.24) is 14.7 Å². The molecule has 5 heteroatoms. The van der Waals surface area contributed by atoms with Crippen LogP contribution in [-0.2, 0) is 4.74 Å². The summed E-state index contributed by atoms with van der Waals surface area (Å²) in [5, 5.41) is 4.30. The number of hydrogen-bond acceptors (Lipinski definition) is 3. The van der Waals surface area contributed by atoms with Gasteiger partial charge in [0, 0.05) is 19.3 Å². The highest BCUT2D eigenvalue weighted by Gasteiger charge is 2.30. The van der Waals surface area contributed by atoms with Crippen molar-refractivity contribution in [2.24, 2.45) is 0 Å². The Balaban J connectivity index is 0.000000773. The average Bonchev–Trinajstić information content (AvgIpc) is 3.07. The molecule has 2 rings (SSSR count). The van der Waals surface area contributed by atoms with Gasteiger partial charge in [-0.25, -0.2) is 4.79 Å². The predicted octanol–water partition coefficient (Wildman–Crippen LogP) is 4.98. The second-order valence-electron chi connectivity index (χ2n) is 7.07. The van der Waals surface area contributed by atoms with Crippen molar-refractivity contribution < 1.29 is 9.53 Å². The zero-order valence-electron chi connectivity index (χ0n) is 16.7. The molecule has 1 aromatic rings. The van der Waals surface area contributed by atoms with Crippen LogP contribution in [-0.4, -0.2) is 39.5 Å². The fraction of sp³-hybridized carbons (Fsp3) is 0.684. The van der Waals surface area contributed by atoms with Crippen LogP contribution in [0.5, 0.6) is 0 Å². The minimum absolute atomic E-state index is 0.228. The summed E-state index contributed by atoms with van der Waals surface area (Å²) >= 11 is 0. The van der Waals surface area contributed by atoms with Crippen LogP contribution in [0.1, 0.15) is 66.5 Å². The Bertz CT molecular complexity index is 511. The molecule has 1 saturated heterocycles. The van der Waals surface area contributed by atoms with Crippen molar-refractivity contribution in [3.05, 3.63) is 30.1 Å². The molecule has 0 aromatic carbocycles. The number of allylic oxidation sites excluding steroid dienone is 1. The van der Waals surface area contributed by atoms with Gasteiger partial charge >= 0.3 is 6.09 Å². The first-order valence-corrected chi connectivity index (χ1v) is 8.69. The average molecular weight is 338 g/mol. The molecule has 0 spiro atoms. The normalized spacial score (nSPS) is 16.5. The lowest BCUT2D eigenvalue weighted by Gasteiger charge is -2.24. The summed E-state index contributed by atoms with van der Waals surface area (Å²) in [7, 11) is 0. The summed E-state index contributed by atoms with van der Waals surface area (Å²) in [6.07, 6.45) is 4.56. The van der Waals surface area contributed by atoms with Crippen LogP contribution in [0.25, 0.3) is 0 Å². The number of carbonyl (C=O) groups excluding carboxylic acids is 1. The number of carbonyl (C=O) groups is 1. The van der Waals surface area contributed by atoms with Crippen molar-refractivity contribution in [1.29, 1.82) is 0 Å². The van der Waals surface area contributed by atoms with E-state index in [1.54, 1.807) is 4.90 Å². The highest BCUT2D eigenvalue weighted by atomic mass is 16.6. The molecule has 0 radical (unpaired) electrons. The lowest BCUT2D eigenvalue weighted by atomic mass is 10.2. The summed E-state index contributed by atoms with van der Waals surface area (Å²) in [4.78, 5) is 13.7. The molecule has 2 heterocycles. The van der Waals surface area contributed by atoms with Gasteiger partial charge in [0.05, 0.1) is 12.2 Å². The molecule has 1 amide bonds. The van der Waals surface area contributed by atoms with E-state index in [0.717, 1.165) is 18.5 Å². The molecule has 5 nitrogen and oxygen atoms in total. The van der Waals surface area contributed by atoms with Crippen LogP contribution in [0.4, 0.5) is 4.79 Å². The third kappa shape index (κ3) is 8.75. The number of ether oxygens (including phenoxy) is 1. The van der Waals surface area contributed by atoms with Crippen LogP contribution in [0, 0.1) is 6.92 Å². The second kappa shape index (κ2) is 10.2. The Morgan fingerprint density at radius 3 is 2.29 bits per heavy atom. The summed E-state index contributed by atoms with van der Waals surface area (Å²) < 4.78 is 7.31. The molecule has 0 N–H and O–H groups in total. The molecular weight excluding hydrogens is 302 g/mol. The molecule has 1 unspecified atom stereocenters. The van der Waals surface area contributed by atoms with Crippen molar-refractivity contribution in [3.63, 3.8) is 0 Å². The number of nitrogens with zero attached hydrogens (tertiary/aromatic N) is 3. The fourth-order valence-electron chi connectivity index (χ4n) is 2.08. The molecular formula is C19H35N3O2. The van der Waals surface area contributed by atoms with Gasteiger partial charge in [-0.05, 0) is 53.5 Å². The van der Waals surface area contributed by atoms with Gasteiger partial charge in [-0.2, -0.15) is 5.10 Å². The van der Waals surface area contributed by atoms with Crippen LogP contribution in [0.15, 0.2) is 24.5 Å². The van der Waals surface area contributed by atoms with Gasteiger partial charge in [0.2, 0.25) is 0 Å². The number of aromatic nitrogens is 2. The highest BCUT2D eigenvalue weighted by Crippen LogP contribution is 2.23. The highest BCUT2D eigenvalue weighted by molar-refractivity contribution is 5.68. The molecule has 1 aliphatic heterocycles. The Kier molecular flexibility index (Phi) is 9.41. The van der Waals surface area contributed by atoms with Crippen LogP contribution < -0.4 is 0 Å². The first kappa shape index (κ1) is 22.2. The van der Waals surface area contributed by atoms with Gasteiger partial charge in [-0.15, -0.1) is 6.58 Å². The molecule has 24 heavy (non-hydrogen) atoms. The van der Waals surface area contributed by atoms with E-state index in [2.05, 4.69) is 11.7 Å². The molecule has 1 atom stereocenters. The van der Waals surface area contributed by atoms with Crippen molar-refractivity contribution >= 4 is 6.09 Å². The van der Waals surface area contributed by atoms with Gasteiger partial charge in [0.25, 0.3) is 0 Å². The van der Waals surface area contributed by atoms with E-state index >= 15 is 0 Å². The number of hydrogen-bond donors (Lipinski definition) is 0. The molecule has 0 aliphatic carbocycles. The quantitative estimate of drug-likeness (QED) is 0.679. The van der Waals surface area contributed by atoms with E-state index < -0.39 is 5.60 Å². The summed E-state index contributed by atoms with van der Waals surface area (Å²) in [6, 6.07) is 0.270. The molecule has 0 bridgehead atoms. The van der Waals surface area contributed by atoms with E-state index in [4.69, 9.17) is 4.74 Å². The predicted molar refractivity (Wildman–Crippen MR) is 100 cm³/mol. The zero-order chi connectivity index (χ0) is 18.9. The molecule has 0 saturated carbocycles. The number of aryl methyl sites for hydroxylation is 1. The molecule has 138 valence electrons. The topological polar surface area (TPSA) is 47.4 Å². The van der Waals surface area contributed by atoms with Crippen LogP contribution in [0.3, 0.4) is 0 Å². The number of amides is 1. The monoisotopic (exact) mass is 337 g/mol. The van der Waals surface area contributed by atoms with Gasteiger partial charge in [-0.1, -0.05) is 19.4 Å². The van der Waals surface area contributed by atoms with Gasteiger partial charge in [0.15, 0.2) is 0 Å². The van der Waals surface area contributed by atoms with E-state index in [-0.39, 0.29) is 12.1 Å². The molecule has 1 aliphatic rings. The van der Waals surface area contributed by atoms with Crippen molar-refractivity contribution in [2.45, 2.75) is 73.5 Å². The fourth-order valence-corrected chi connectivity index (χ4v) is 2.08. The Labute approximate surface area is 147 Å². The van der Waals surface area contributed by atoms with Gasteiger partial charge < -0.3 is 9.64 Å². The molecule has 1 fully saturated rings. The lowest BCUT2D eigenvalue weighted by molar-refractivity contribution is 0.0288. The standard InChI is InChI=1S/C13H21N3O2.C4H8.C2H6/c1-10-7-14-16(8-10)11-5-6-15(9-11)12(17)18-13(2,3)4;1-4(2)3;1-2/h7-8,11H,5-6,9H2,1-4H3;1H2,2-3H3;1-2H3. The Hall–Kier alpha value is -1.78. The zero-order valence-corrected chi connectivity index (χ0v) is 16.7. The first-order chi connectivity index (χ1) is 11.1. The second-order valence-corrected chi connectivity index (χ2v) is 7.07. The van der Waals surface area contributed by atoms with Crippen LogP contribution in [0.2, 0.25) is 0 Å². The summed E-state index contributed by atoms with van der Waals surface area (Å²) in [5.74, 6) is 0. The summed E-state index contributed by atoms with van der Waals surface area (Å²) in [6.45, 7) is 20.6. The first-order valence-electron chi connectivity index (χ1n) is 8.69. The van der Waals surface area contributed by atoms with Crippen molar-refractivity contribution in [3.8, 4) is 0 Å². The third-order valence-electron chi connectivity index (χ3n) is 2.92. The van der Waals surface area contributed by atoms with E-state index in [1.807, 2.05) is 72.5 Å². The largest absolute Gasteiger partial charge is 0.444 e. The Morgan fingerprint density at radius 2 is 1.88 bits per heavy atom. The Morgan fingerprint density at radius 1 is 1.33 bits per heavy atom. The maximum absolute atomic E-state index is 11.9. The SMILES string of the molecule is C=C(C)C.CC.Cc1cnn(C2CCN(C(=O)OC(C)(C)C)C2)c1. The van der Waals surface area contributed by atoms with Crippen molar-refractivity contribution in [2.75, 3.05) is 13.1 Å². The lowest BCUT2D eigenvalue weighted by Crippen LogP contribution is -2.35. The van der Waals surface area contributed by atoms with Crippen LogP contribution >= 0.6 is 0 Å². The third-order valence-corrected chi connectivity index (χ3v) is 2.92.